The number of fused-ring (bicyclic) bond motifs is 1. The molecule has 0 saturated heterocycles. The van der Waals surface area contributed by atoms with Gasteiger partial charge >= 0.3 is 0 Å². The fourth-order valence-electron chi connectivity index (χ4n) is 5.58. The Bertz CT molecular complexity index is 1410. The standard InChI is InChI=1S/C33H42N2O3S/c1-22(2)30-18-28(27-14-13-25-9-7-8-10-26(25)17-27)19-31(23(3)4)32(30)20-33(36)34-39(37,38)29-15-11-24(12-16-29)21-35(5)6/h11-19,22-23H,7-10,20-21H2,1-6H3,(H,34,36). The minimum absolute atomic E-state index is 0.0173. The van der Waals surface area contributed by atoms with Crippen LogP contribution in [0, 0.1) is 0 Å². The predicted octanol–water partition coefficient (Wildman–Crippen LogP) is 6.59. The summed E-state index contributed by atoms with van der Waals surface area (Å²) in [4.78, 5) is 15.3. The van der Waals surface area contributed by atoms with Gasteiger partial charge in [-0.05, 0) is 108 Å². The number of carbonyl (C=O) groups excluding carboxylic acids is 1. The number of hydrogen-bond donors (Lipinski definition) is 1. The van der Waals surface area contributed by atoms with Crippen LogP contribution in [0.3, 0.4) is 0 Å². The van der Waals surface area contributed by atoms with E-state index in [0.29, 0.717) is 6.54 Å². The van der Waals surface area contributed by atoms with Crippen LogP contribution in [-0.2, 0) is 40.6 Å². The van der Waals surface area contributed by atoms with Crippen LogP contribution >= 0.6 is 0 Å². The molecule has 0 fully saturated rings. The summed E-state index contributed by atoms with van der Waals surface area (Å²) in [6.45, 7) is 9.23. The Morgan fingerprint density at radius 1 is 0.821 bits per heavy atom. The summed E-state index contributed by atoms with van der Waals surface area (Å²) < 4.78 is 28.4. The first-order valence-corrected chi connectivity index (χ1v) is 15.5. The lowest BCUT2D eigenvalue weighted by Crippen LogP contribution is -2.32. The number of carbonyl (C=O) groups is 1. The van der Waals surface area contributed by atoms with Gasteiger partial charge in [-0.3, -0.25) is 4.79 Å². The average Bonchev–Trinajstić information content (AvgIpc) is 2.87. The summed E-state index contributed by atoms with van der Waals surface area (Å²) in [7, 11) is -0.0453. The van der Waals surface area contributed by atoms with Crippen molar-refractivity contribution < 1.29 is 13.2 Å². The summed E-state index contributed by atoms with van der Waals surface area (Å²) in [6, 6.07) is 17.9. The Kier molecular flexibility index (Phi) is 8.97. The van der Waals surface area contributed by atoms with Gasteiger partial charge in [0.25, 0.3) is 10.0 Å². The summed E-state index contributed by atoms with van der Waals surface area (Å²) in [5.41, 5.74) is 9.38. The normalized spacial score (nSPS) is 13.7. The van der Waals surface area contributed by atoms with Crippen LogP contribution < -0.4 is 4.72 Å². The third-order valence-electron chi connectivity index (χ3n) is 7.56. The first kappa shape index (κ1) is 29.0. The topological polar surface area (TPSA) is 66.5 Å². The van der Waals surface area contributed by atoms with E-state index in [1.165, 1.54) is 29.5 Å². The van der Waals surface area contributed by atoms with E-state index in [9.17, 15) is 13.2 Å². The third kappa shape index (κ3) is 6.98. The SMILES string of the molecule is CC(C)c1cc(-c2ccc3c(c2)CCCC3)cc(C(C)C)c1CC(=O)NS(=O)(=O)c1ccc(CN(C)C)cc1. The zero-order valence-electron chi connectivity index (χ0n) is 24.2. The highest BCUT2D eigenvalue weighted by atomic mass is 32.2. The number of benzene rings is 3. The molecule has 4 rings (SSSR count). The van der Waals surface area contributed by atoms with E-state index in [1.54, 1.807) is 24.3 Å². The first-order valence-electron chi connectivity index (χ1n) is 14.0. The summed E-state index contributed by atoms with van der Waals surface area (Å²) in [5, 5.41) is 0. The van der Waals surface area contributed by atoms with E-state index in [-0.39, 0.29) is 23.2 Å². The lowest BCUT2D eigenvalue weighted by molar-refractivity contribution is -0.118. The Hall–Kier alpha value is -2.96. The van der Waals surface area contributed by atoms with Crippen LogP contribution in [-0.4, -0.2) is 33.3 Å². The van der Waals surface area contributed by atoms with Crippen molar-refractivity contribution in [3.8, 4) is 11.1 Å². The second-order valence-electron chi connectivity index (χ2n) is 11.7. The van der Waals surface area contributed by atoms with Crippen molar-refractivity contribution in [3.63, 3.8) is 0 Å². The summed E-state index contributed by atoms with van der Waals surface area (Å²) in [5.74, 6) is -0.148. The van der Waals surface area contributed by atoms with Crippen molar-refractivity contribution in [2.75, 3.05) is 14.1 Å². The molecule has 1 amide bonds. The molecule has 5 nitrogen and oxygen atoms in total. The molecule has 1 aliphatic rings. The molecule has 0 atom stereocenters. The number of aryl methyl sites for hydroxylation is 2. The summed E-state index contributed by atoms with van der Waals surface area (Å²) in [6.07, 6.45) is 4.80. The van der Waals surface area contributed by atoms with Gasteiger partial charge in [0, 0.05) is 6.54 Å². The molecule has 0 heterocycles. The Morgan fingerprint density at radius 2 is 1.41 bits per heavy atom. The fraction of sp³-hybridized carbons (Fsp3) is 0.424. The molecule has 3 aromatic carbocycles. The molecule has 0 spiro atoms. The number of sulfonamides is 1. The van der Waals surface area contributed by atoms with Gasteiger partial charge < -0.3 is 4.90 Å². The lowest BCUT2D eigenvalue weighted by Gasteiger charge is -2.23. The molecule has 1 aliphatic carbocycles. The maximum absolute atomic E-state index is 13.2. The maximum Gasteiger partial charge on any atom is 0.264 e. The van der Waals surface area contributed by atoms with Gasteiger partial charge in [0.1, 0.15) is 0 Å². The Morgan fingerprint density at radius 3 is 1.97 bits per heavy atom. The fourth-order valence-corrected chi connectivity index (χ4v) is 6.56. The zero-order chi connectivity index (χ0) is 28.3. The van der Waals surface area contributed by atoms with Crippen molar-refractivity contribution in [1.29, 1.82) is 0 Å². The van der Waals surface area contributed by atoms with Crippen molar-refractivity contribution in [2.45, 2.75) is 83.1 Å². The van der Waals surface area contributed by atoms with Gasteiger partial charge in [-0.15, -0.1) is 0 Å². The molecule has 0 bridgehead atoms. The van der Waals surface area contributed by atoms with E-state index < -0.39 is 15.9 Å². The number of rotatable bonds is 9. The smallest absolute Gasteiger partial charge is 0.264 e. The largest absolute Gasteiger partial charge is 0.305 e. The molecule has 1 N–H and O–H groups in total. The van der Waals surface area contributed by atoms with E-state index in [1.807, 2.05) is 19.0 Å². The van der Waals surface area contributed by atoms with Gasteiger partial charge in [-0.1, -0.05) is 70.2 Å². The van der Waals surface area contributed by atoms with Gasteiger partial charge in [0.2, 0.25) is 5.91 Å². The average molecular weight is 547 g/mol. The van der Waals surface area contributed by atoms with Crippen molar-refractivity contribution >= 4 is 15.9 Å². The molecular formula is C33H42N2O3S. The second kappa shape index (κ2) is 12.1. The van der Waals surface area contributed by atoms with Crippen molar-refractivity contribution in [3.05, 3.63) is 88.0 Å². The maximum atomic E-state index is 13.2. The first-order chi connectivity index (χ1) is 18.4. The van der Waals surface area contributed by atoms with Crippen LogP contribution in [0.2, 0.25) is 0 Å². The molecule has 6 heteroatoms. The monoisotopic (exact) mass is 546 g/mol. The molecule has 3 aromatic rings. The number of nitrogens with zero attached hydrogens (tertiary/aromatic N) is 1. The third-order valence-corrected chi connectivity index (χ3v) is 8.95. The van der Waals surface area contributed by atoms with E-state index >= 15 is 0 Å². The van der Waals surface area contributed by atoms with Crippen LogP contribution in [0.1, 0.15) is 85.8 Å². The minimum Gasteiger partial charge on any atom is -0.305 e. The number of hydrogen-bond acceptors (Lipinski definition) is 4. The predicted molar refractivity (Wildman–Crippen MR) is 160 cm³/mol. The van der Waals surface area contributed by atoms with Gasteiger partial charge in [-0.25, -0.2) is 13.1 Å². The van der Waals surface area contributed by atoms with Crippen LogP contribution in [0.15, 0.2) is 59.5 Å². The van der Waals surface area contributed by atoms with Crippen LogP contribution in [0.4, 0.5) is 0 Å². The minimum atomic E-state index is -3.96. The van der Waals surface area contributed by atoms with Crippen LogP contribution in [0.25, 0.3) is 11.1 Å². The van der Waals surface area contributed by atoms with Gasteiger partial charge in [0.05, 0.1) is 11.3 Å². The molecule has 39 heavy (non-hydrogen) atoms. The second-order valence-corrected chi connectivity index (χ2v) is 13.4. The number of nitrogens with one attached hydrogen (secondary N) is 1. The highest BCUT2D eigenvalue weighted by molar-refractivity contribution is 7.90. The van der Waals surface area contributed by atoms with Crippen molar-refractivity contribution in [2.24, 2.45) is 0 Å². The molecule has 0 aromatic heterocycles. The molecular weight excluding hydrogens is 504 g/mol. The Labute approximate surface area is 234 Å². The summed E-state index contributed by atoms with van der Waals surface area (Å²) >= 11 is 0. The Balaban J connectivity index is 1.62. The molecule has 208 valence electrons. The lowest BCUT2D eigenvalue weighted by atomic mass is 9.83. The zero-order valence-corrected chi connectivity index (χ0v) is 25.0. The highest BCUT2D eigenvalue weighted by Gasteiger charge is 2.23. The van der Waals surface area contributed by atoms with E-state index in [2.05, 4.69) is 62.7 Å². The molecule has 0 unspecified atom stereocenters. The highest BCUT2D eigenvalue weighted by Crippen LogP contribution is 2.35. The van der Waals surface area contributed by atoms with Crippen molar-refractivity contribution in [1.82, 2.24) is 9.62 Å². The molecule has 0 radical (unpaired) electrons. The van der Waals surface area contributed by atoms with Gasteiger partial charge in [-0.2, -0.15) is 0 Å². The van der Waals surface area contributed by atoms with E-state index in [0.717, 1.165) is 40.7 Å². The van der Waals surface area contributed by atoms with E-state index in [4.69, 9.17) is 0 Å². The molecule has 0 aliphatic heterocycles. The number of amides is 1. The van der Waals surface area contributed by atoms with Gasteiger partial charge in [0.15, 0.2) is 0 Å². The molecule has 0 saturated carbocycles. The quantitative estimate of drug-likeness (QED) is 0.329. The van der Waals surface area contributed by atoms with Crippen LogP contribution in [0.5, 0.6) is 0 Å².